The number of carboxylic acid groups (broad SMARTS) is 1. The molecular formula is C105H125Br5Cl6O20Si5. The fraction of sp³-hybridized carbons (Fsp3) is 0.343. The van der Waals surface area contributed by atoms with Gasteiger partial charge in [-0.2, -0.15) is 0 Å². The number of rotatable bonds is 27. The normalized spacial score (nSPS) is 18.0. The molecule has 11 aromatic carbocycles. The highest BCUT2D eigenvalue weighted by Crippen LogP contribution is 2.43. The van der Waals surface area contributed by atoms with Crippen LogP contribution in [0.3, 0.4) is 0 Å². The SMILES string of the molecule is CC(C)(C)[Si](C)(C)Oc1ccc(Cc2cc(Br)ccc2Cl)cc1.COC1(c2ccc(Cl)c(Cc3ccc(O)cc3)c2)O[C@H](CO)[C@@H](O)[C@H](O)[C@H]1O.COc1ccc(C(=O)c2cc(Br)ccc2Cl)cc1.COc1ccc(Cc2cc(Br)ccc2Cl)cc1.C[Si](C)(C)OC[C@H]1OC(=O)[C@H](O[Si](C)(C)C)[C@@H](O[Si](C)(C)C)[C@@H]1O[Si](C)(C)C.O=C(O)c1cc(Br)ccc1Cl.Oc1ccc(Cc2cc(Br)ccc2Cl)cc1. The number of ketones is 1. The standard InChI is InChI=1S/C20H23ClO7.C19H24BrClOSi.C18H42O6Si4.C14H10BrClO2.C14H12BrClO.C13H10BrClO.C7H4BrClO2/c1-27-20(19(26)18(25)17(24)16(10-22)28-20)13-4-7-15(21)12(9-13)8-11-2-5-14(23)6-3-11;1-19(2,3)23(4,5)22-17-9-6-14(7-10-17)12-15-13-16(20)8-11-18(15)21;1-25(2,3)20-13-14-15(22-26(4,5)6)16(23-27(7,8)9)17(18(19)21-14)24-28(10,11)12;1-18-11-5-2-9(3-6-11)14(17)12-8-10(15)4-7-13(12)16;1-17-13-5-2-10(3-6-13)8-11-9-12(15)4-7-14(11)16;14-11-3-6-13(15)10(8-11)7-9-1-4-12(16)5-2-9;8-4-1-2-6(9)5(3-4)7(10)11/h2-7,9,16-19,22-26H,8,10H2,1H3;6-11,13H,12H2,1-5H3;14-17H,13H2,1-12H3;2-8H,1H3;2-7,9H,8H2,1H3;1-6,8,16H,7H2;1-3H,(H,10,11)/t16-,17-,18+,19-,20?;;14-,15-,16+,17-;;;;/m1.1..../s1. The molecule has 762 valence electrons. The minimum Gasteiger partial charge on any atom is -0.544 e. The van der Waals surface area contributed by atoms with Crippen LogP contribution in [-0.4, -0.2) is 178 Å². The lowest BCUT2D eigenvalue weighted by molar-refractivity contribution is -0.366. The van der Waals surface area contributed by atoms with Crippen molar-refractivity contribution in [2.45, 2.75) is 198 Å². The number of ether oxygens (including phenoxy) is 5. The van der Waals surface area contributed by atoms with Gasteiger partial charge in [0, 0.05) is 66.3 Å². The summed E-state index contributed by atoms with van der Waals surface area (Å²) in [5.74, 6) is -0.292. The van der Waals surface area contributed by atoms with Crippen molar-refractivity contribution < 1.29 is 95.9 Å². The lowest BCUT2D eigenvalue weighted by Gasteiger charge is -2.47. The lowest BCUT2D eigenvalue weighted by Crippen LogP contribution is -2.64. The molecule has 0 saturated carbocycles. The van der Waals surface area contributed by atoms with Crippen LogP contribution in [-0.2, 0) is 68.2 Å². The van der Waals surface area contributed by atoms with Gasteiger partial charge < -0.3 is 81.6 Å². The summed E-state index contributed by atoms with van der Waals surface area (Å²) in [6.45, 7) is 36.4. The van der Waals surface area contributed by atoms with Crippen molar-refractivity contribution in [1.29, 1.82) is 0 Å². The van der Waals surface area contributed by atoms with Gasteiger partial charge in [0.05, 0.1) is 43.0 Å². The Bertz CT molecular complexity index is 5900. The molecule has 0 bridgehead atoms. The molecule has 11 aromatic rings. The summed E-state index contributed by atoms with van der Waals surface area (Å²) in [6.07, 6.45) is -5.02. The van der Waals surface area contributed by atoms with Gasteiger partial charge in [-0.15, -0.1) is 0 Å². The maximum Gasteiger partial charge on any atom is 0.337 e. The van der Waals surface area contributed by atoms with E-state index in [0.29, 0.717) is 55.5 Å². The topological polar surface area (TPSA) is 285 Å². The largest absolute Gasteiger partial charge is 0.544 e. The summed E-state index contributed by atoms with van der Waals surface area (Å²) in [4.78, 5) is 35.7. The van der Waals surface area contributed by atoms with E-state index in [4.69, 9.17) is 121 Å². The molecule has 0 radical (unpaired) electrons. The van der Waals surface area contributed by atoms with Crippen LogP contribution >= 0.6 is 149 Å². The molecular weight excluding hydrogens is 2330 g/mol. The summed E-state index contributed by atoms with van der Waals surface area (Å²) < 4.78 is 63.5. The van der Waals surface area contributed by atoms with Crippen molar-refractivity contribution in [1.82, 2.24) is 0 Å². The van der Waals surface area contributed by atoms with Gasteiger partial charge in [-0.05, 0) is 343 Å². The van der Waals surface area contributed by atoms with Crippen LogP contribution in [0.2, 0.25) is 127 Å². The van der Waals surface area contributed by atoms with E-state index < -0.39 is 103 Å². The van der Waals surface area contributed by atoms with E-state index in [0.717, 1.165) is 91.5 Å². The molecule has 0 aromatic heterocycles. The number of aromatic hydroxyl groups is 2. The molecule has 2 saturated heterocycles. The molecule has 9 atom stereocenters. The Kier molecular flexibility index (Phi) is 47.7. The highest BCUT2D eigenvalue weighted by molar-refractivity contribution is 9.11. The molecule has 2 aliphatic heterocycles. The minimum absolute atomic E-state index is 0.107. The number of aliphatic hydroxyl groups excluding tert-OH is 4. The first-order valence-electron chi connectivity index (χ1n) is 44.9. The van der Waals surface area contributed by atoms with Crippen molar-refractivity contribution in [2.24, 2.45) is 0 Å². The summed E-state index contributed by atoms with van der Waals surface area (Å²) in [7, 11) is -4.89. The third kappa shape index (κ3) is 39.5. The van der Waals surface area contributed by atoms with Gasteiger partial charge >= 0.3 is 11.9 Å². The third-order valence-corrected chi connectivity index (χ3v) is 34.7. The van der Waals surface area contributed by atoms with Crippen LogP contribution in [0.4, 0.5) is 0 Å². The number of carbonyl (C=O) groups is 3. The monoisotopic (exact) mass is 2450 g/mol. The number of hydrogen-bond donors (Lipinski definition) is 7. The number of phenolic OH excluding ortho intramolecular Hbond substituents is 2. The van der Waals surface area contributed by atoms with Crippen LogP contribution in [0.25, 0.3) is 0 Å². The first kappa shape index (κ1) is 122. The Morgan fingerprint density at radius 1 is 0.418 bits per heavy atom. The van der Waals surface area contributed by atoms with Gasteiger partial charge in [0.15, 0.2) is 51.3 Å². The van der Waals surface area contributed by atoms with Crippen LogP contribution in [0.5, 0.6) is 28.7 Å². The summed E-state index contributed by atoms with van der Waals surface area (Å²) in [6, 6.07) is 69.6. The van der Waals surface area contributed by atoms with Crippen LogP contribution in [0, 0.1) is 0 Å². The van der Waals surface area contributed by atoms with Gasteiger partial charge in [-0.1, -0.05) is 225 Å². The second-order valence-corrected chi connectivity index (χ2v) is 68.2. The molecule has 141 heavy (non-hydrogen) atoms. The highest BCUT2D eigenvalue weighted by atomic mass is 79.9. The third-order valence-electron chi connectivity index (χ3n) is 21.8. The Hall–Kier alpha value is -6.15. The molecule has 0 spiro atoms. The molecule has 2 aliphatic rings. The fourth-order valence-electron chi connectivity index (χ4n) is 13.7. The first-order chi connectivity index (χ1) is 65.7. The smallest absolute Gasteiger partial charge is 0.337 e. The Labute approximate surface area is 906 Å². The number of aromatic carboxylic acids is 1. The molecule has 0 aliphatic carbocycles. The number of phenols is 2. The number of halogens is 11. The average Bonchev–Trinajstić information content (AvgIpc) is 0.745. The van der Waals surface area contributed by atoms with E-state index >= 15 is 0 Å². The van der Waals surface area contributed by atoms with Crippen molar-refractivity contribution >= 4 is 209 Å². The maximum atomic E-state index is 12.9. The number of carboxylic acids is 1. The van der Waals surface area contributed by atoms with E-state index in [2.05, 4.69) is 235 Å². The van der Waals surface area contributed by atoms with Crippen LogP contribution in [0.1, 0.15) is 97.1 Å². The molecule has 2 fully saturated rings. The van der Waals surface area contributed by atoms with Crippen molar-refractivity contribution in [3.8, 4) is 28.7 Å². The maximum absolute atomic E-state index is 12.9. The zero-order chi connectivity index (χ0) is 105. The van der Waals surface area contributed by atoms with E-state index in [1.807, 2.05) is 72.8 Å². The number of benzene rings is 11. The minimum atomic E-state index is -2.00. The van der Waals surface area contributed by atoms with Gasteiger partial charge in [0.2, 0.25) is 14.1 Å². The second-order valence-electron chi connectivity index (χ2n) is 38.6. The molecule has 0 amide bonds. The molecule has 2 heterocycles. The number of esters is 1. The number of hydrogen-bond acceptors (Lipinski definition) is 19. The van der Waals surface area contributed by atoms with Gasteiger partial charge in [-0.3, -0.25) is 4.79 Å². The number of methoxy groups -OCH3 is 3. The number of aliphatic hydroxyl groups is 4. The Morgan fingerprint density at radius 3 is 1.13 bits per heavy atom. The molecule has 20 nitrogen and oxygen atoms in total. The predicted molar refractivity (Wildman–Crippen MR) is 598 cm³/mol. The molecule has 7 N–H and O–H groups in total. The molecule has 1 unspecified atom stereocenters. The van der Waals surface area contributed by atoms with E-state index in [9.17, 15) is 45.0 Å². The van der Waals surface area contributed by atoms with Crippen molar-refractivity contribution in [3.63, 3.8) is 0 Å². The van der Waals surface area contributed by atoms with Crippen molar-refractivity contribution in [2.75, 3.05) is 34.5 Å². The number of cyclic esters (lactones) is 1. The summed E-state index contributed by atoms with van der Waals surface area (Å²) in [5.41, 5.74) is 10.0. The second kappa shape index (κ2) is 55.2. The molecule has 13 rings (SSSR count). The van der Waals surface area contributed by atoms with E-state index in [-0.39, 0.29) is 45.0 Å². The quantitative estimate of drug-likeness (QED) is 0.0143. The van der Waals surface area contributed by atoms with Gasteiger partial charge in [0.1, 0.15) is 65.4 Å². The van der Waals surface area contributed by atoms with E-state index in [1.54, 1.807) is 117 Å². The highest BCUT2D eigenvalue weighted by Gasteiger charge is 2.56. The predicted octanol–water partition coefficient (Wildman–Crippen LogP) is 28.7. The average molecular weight is 2460 g/mol. The Morgan fingerprint density at radius 2 is 0.766 bits per heavy atom. The number of carbonyl (C=O) groups excluding carboxylic acids is 2. The van der Waals surface area contributed by atoms with Crippen molar-refractivity contribution in [3.05, 3.63) is 350 Å². The summed E-state index contributed by atoms with van der Waals surface area (Å²) in [5, 5.41) is 71.3. The fourth-order valence-corrected chi connectivity index (χ4v) is 21.6. The first-order valence-corrected chi connectivity index (χ1v) is 67.7. The zero-order valence-electron chi connectivity index (χ0n) is 82.4. The van der Waals surface area contributed by atoms with Crippen LogP contribution < -0.4 is 13.9 Å². The molecule has 36 heteroatoms. The summed E-state index contributed by atoms with van der Waals surface area (Å²) >= 11 is 53.3. The van der Waals surface area contributed by atoms with Gasteiger partial charge in [0.25, 0.3) is 0 Å². The van der Waals surface area contributed by atoms with Gasteiger partial charge in [-0.25, -0.2) is 9.59 Å². The van der Waals surface area contributed by atoms with E-state index in [1.165, 1.54) is 30.4 Å². The zero-order valence-corrected chi connectivity index (χ0v) is 99.9. The Balaban J connectivity index is 0.000000227. The van der Waals surface area contributed by atoms with Crippen LogP contribution in [0.15, 0.2) is 253 Å². The lowest BCUT2D eigenvalue weighted by atomic mass is 9.87.